The van der Waals surface area contributed by atoms with Gasteiger partial charge in [-0.25, -0.2) is 0 Å². The van der Waals surface area contributed by atoms with Gasteiger partial charge >= 0.3 is 0 Å². The Bertz CT molecular complexity index is 272. The zero-order chi connectivity index (χ0) is 13.5. The molecular formula is C11H23N3O3. The van der Waals surface area contributed by atoms with E-state index in [1.165, 1.54) is 4.90 Å². The predicted octanol–water partition coefficient (Wildman–Crippen LogP) is 0.786. The van der Waals surface area contributed by atoms with Gasteiger partial charge < -0.3 is 20.6 Å². The number of nitrogens with two attached hydrogens (primary N) is 1. The number of carbonyl (C=O) groups excluding carboxylic acids is 1. The summed E-state index contributed by atoms with van der Waals surface area (Å²) in [4.78, 5) is 13.4. The molecule has 0 aliphatic carbocycles. The summed E-state index contributed by atoms with van der Waals surface area (Å²) in [5.74, 6) is -0.143. The van der Waals surface area contributed by atoms with Crippen molar-refractivity contribution >= 4 is 11.7 Å². The smallest absolute Gasteiger partial charge is 0.249 e. The third-order valence-corrected chi connectivity index (χ3v) is 1.96. The summed E-state index contributed by atoms with van der Waals surface area (Å²) in [5.41, 5.74) is 5.03. The normalized spacial score (nSPS) is 12.6. The molecule has 0 saturated heterocycles. The first kappa shape index (κ1) is 15.7. The standard InChI is InChI=1S/C11H23N3O3/c1-5-6-14(7-9(12)13-16)10(15)8-17-11(2,3)4/h16H,5-8H2,1-4H3,(H2,12,13). The molecule has 0 saturated carbocycles. The molecule has 0 aromatic heterocycles. The molecule has 17 heavy (non-hydrogen) atoms. The SMILES string of the molecule is CCCN(CC(N)=NO)C(=O)COC(C)(C)C. The van der Waals surface area contributed by atoms with Crippen LogP contribution in [0.4, 0.5) is 0 Å². The third kappa shape index (κ3) is 7.57. The van der Waals surface area contributed by atoms with Crippen LogP contribution in [0.25, 0.3) is 0 Å². The van der Waals surface area contributed by atoms with Gasteiger partial charge in [0.15, 0.2) is 5.84 Å². The molecule has 6 heteroatoms. The molecule has 0 atom stereocenters. The summed E-state index contributed by atoms with van der Waals surface area (Å²) in [5, 5.41) is 11.3. The molecule has 0 bridgehead atoms. The van der Waals surface area contributed by atoms with Gasteiger partial charge in [-0.3, -0.25) is 4.79 Å². The molecule has 0 unspecified atom stereocenters. The van der Waals surface area contributed by atoms with Crippen molar-refractivity contribution in [1.29, 1.82) is 0 Å². The van der Waals surface area contributed by atoms with Crippen LogP contribution in [-0.4, -0.2) is 47.1 Å². The Morgan fingerprint density at radius 3 is 2.47 bits per heavy atom. The highest BCUT2D eigenvalue weighted by Gasteiger charge is 2.18. The Labute approximate surface area is 102 Å². The maximum absolute atomic E-state index is 11.8. The molecule has 0 radical (unpaired) electrons. The lowest BCUT2D eigenvalue weighted by Gasteiger charge is -2.24. The average molecular weight is 245 g/mol. The monoisotopic (exact) mass is 245 g/mol. The van der Waals surface area contributed by atoms with Crippen LogP contribution in [0, 0.1) is 0 Å². The number of rotatable bonds is 6. The zero-order valence-corrected chi connectivity index (χ0v) is 11.1. The number of oxime groups is 1. The molecule has 0 aliphatic rings. The van der Waals surface area contributed by atoms with E-state index in [-0.39, 0.29) is 30.5 Å². The number of ether oxygens (including phenoxy) is 1. The topological polar surface area (TPSA) is 88.1 Å². The summed E-state index contributed by atoms with van der Waals surface area (Å²) in [6.07, 6.45) is 0.806. The van der Waals surface area contributed by atoms with Gasteiger partial charge in [0.2, 0.25) is 5.91 Å². The van der Waals surface area contributed by atoms with E-state index in [1.54, 1.807) is 0 Å². The van der Waals surface area contributed by atoms with Crippen LogP contribution in [0.15, 0.2) is 5.16 Å². The van der Waals surface area contributed by atoms with Crippen LogP contribution >= 0.6 is 0 Å². The molecule has 0 aromatic rings. The van der Waals surface area contributed by atoms with Crippen LogP contribution in [0.3, 0.4) is 0 Å². The Morgan fingerprint density at radius 1 is 1.47 bits per heavy atom. The molecule has 0 heterocycles. The second-order valence-corrected chi connectivity index (χ2v) is 4.81. The largest absolute Gasteiger partial charge is 0.409 e. The van der Waals surface area contributed by atoms with E-state index >= 15 is 0 Å². The minimum absolute atomic E-state index is 0.00219. The number of nitrogens with zero attached hydrogens (tertiary/aromatic N) is 2. The summed E-state index contributed by atoms with van der Waals surface area (Å²) in [6, 6.07) is 0. The molecule has 1 amide bonds. The number of amides is 1. The minimum atomic E-state index is -0.357. The third-order valence-electron chi connectivity index (χ3n) is 1.96. The van der Waals surface area contributed by atoms with Crippen molar-refractivity contribution < 1.29 is 14.7 Å². The van der Waals surface area contributed by atoms with Crippen LogP contribution in [0.1, 0.15) is 34.1 Å². The van der Waals surface area contributed by atoms with Crippen molar-refractivity contribution in [2.75, 3.05) is 19.7 Å². The second-order valence-electron chi connectivity index (χ2n) is 4.81. The average Bonchev–Trinajstić information content (AvgIpc) is 2.24. The minimum Gasteiger partial charge on any atom is -0.409 e. The van der Waals surface area contributed by atoms with Crippen LogP contribution < -0.4 is 5.73 Å². The number of hydrogen-bond donors (Lipinski definition) is 2. The number of carbonyl (C=O) groups is 1. The van der Waals surface area contributed by atoms with Gasteiger partial charge in [0.05, 0.1) is 12.1 Å². The maximum atomic E-state index is 11.8. The Hall–Kier alpha value is -1.30. The number of hydrogen-bond acceptors (Lipinski definition) is 4. The molecule has 0 spiro atoms. The van der Waals surface area contributed by atoms with Crippen molar-refractivity contribution in [2.24, 2.45) is 10.9 Å². The first-order valence-corrected chi connectivity index (χ1v) is 5.68. The van der Waals surface area contributed by atoms with Crippen molar-refractivity contribution in [2.45, 2.75) is 39.7 Å². The van der Waals surface area contributed by atoms with Gasteiger partial charge in [0.25, 0.3) is 0 Å². The fourth-order valence-corrected chi connectivity index (χ4v) is 1.16. The molecule has 0 rings (SSSR count). The fraction of sp³-hybridized carbons (Fsp3) is 0.818. The fourth-order valence-electron chi connectivity index (χ4n) is 1.16. The first-order chi connectivity index (χ1) is 7.80. The lowest BCUT2D eigenvalue weighted by Crippen LogP contribution is -2.42. The van der Waals surface area contributed by atoms with Gasteiger partial charge in [0, 0.05) is 6.54 Å². The van der Waals surface area contributed by atoms with E-state index in [0.717, 1.165) is 6.42 Å². The molecule has 0 fully saturated rings. The summed E-state index contributed by atoms with van der Waals surface area (Å²) >= 11 is 0. The van der Waals surface area contributed by atoms with Crippen LogP contribution in [-0.2, 0) is 9.53 Å². The van der Waals surface area contributed by atoms with Gasteiger partial charge in [0.1, 0.15) is 6.61 Å². The van der Waals surface area contributed by atoms with Crippen molar-refractivity contribution in [3.8, 4) is 0 Å². The highest BCUT2D eigenvalue weighted by atomic mass is 16.5. The lowest BCUT2D eigenvalue weighted by molar-refractivity contribution is -0.140. The Morgan fingerprint density at radius 2 is 2.06 bits per heavy atom. The Kier molecular flexibility index (Phi) is 6.57. The van der Waals surface area contributed by atoms with Gasteiger partial charge in [-0.15, -0.1) is 0 Å². The predicted molar refractivity (Wildman–Crippen MR) is 66.0 cm³/mol. The van der Waals surface area contributed by atoms with Crippen molar-refractivity contribution in [3.63, 3.8) is 0 Å². The summed E-state index contributed by atoms with van der Waals surface area (Å²) < 4.78 is 5.40. The van der Waals surface area contributed by atoms with E-state index in [1.807, 2.05) is 27.7 Å². The van der Waals surface area contributed by atoms with E-state index in [4.69, 9.17) is 15.7 Å². The first-order valence-electron chi connectivity index (χ1n) is 5.68. The van der Waals surface area contributed by atoms with Crippen molar-refractivity contribution in [3.05, 3.63) is 0 Å². The van der Waals surface area contributed by atoms with Crippen LogP contribution in [0.2, 0.25) is 0 Å². The summed E-state index contributed by atoms with van der Waals surface area (Å²) in [6.45, 7) is 8.29. The van der Waals surface area contributed by atoms with Gasteiger partial charge in [-0.05, 0) is 27.2 Å². The Balaban J connectivity index is 4.34. The summed E-state index contributed by atoms with van der Waals surface area (Å²) in [7, 11) is 0. The van der Waals surface area contributed by atoms with Crippen molar-refractivity contribution in [1.82, 2.24) is 4.90 Å². The highest BCUT2D eigenvalue weighted by Crippen LogP contribution is 2.07. The maximum Gasteiger partial charge on any atom is 0.249 e. The quantitative estimate of drug-likeness (QED) is 0.313. The molecule has 0 aromatic carbocycles. The molecular weight excluding hydrogens is 222 g/mol. The second kappa shape index (κ2) is 7.11. The van der Waals surface area contributed by atoms with Gasteiger partial charge in [-0.1, -0.05) is 12.1 Å². The lowest BCUT2D eigenvalue weighted by atomic mass is 10.2. The van der Waals surface area contributed by atoms with Crippen LogP contribution in [0.5, 0.6) is 0 Å². The molecule has 100 valence electrons. The molecule has 3 N–H and O–H groups in total. The van der Waals surface area contributed by atoms with E-state index in [2.05, 4.69) is 5.16 Å². The zero-order valence-electron chi connectivity index (χ0n) is 11.1. The van der Waals surface area contributed by atoms with E-state index in [9.17, 15) is 4.79 Å². The molecule has 6 nitrogen and oxygen atoms in total. The van der Waals surface area contributed by atoms with E-state index < -0.39 is 0 Å². The van der Waals surface area contributed by atoms with Gasteiger partial charge in [-0.2, -0.15) is 0 Å². The van der Waals surface area contributed by atoms with E-state index in [0.29, 0.717) is 6.54 Å². The number of amidine groups is 1. The highest BCUT2D eigenvalue weighted by molar-refractivity contribution is 5.87. The molecule has 0 aliphatic heterocycles.